The normalized spacial score (nSPS) is 20.8. The Morgan fingerprint density at radius 2 is 1.85 bits per heavy atom. The number of hydrogen-bond acceptors (Lipinski definition) is 3. The highest BCUT2D eigenvalue weighted by atomic mass is 35.5. The largest absolute Gasteiger partial charge is 0.381 e. The lowest BCUT2D eigenvalue weighted by Crippen LogP contribution is -2.58. The maximum atomic E-state index is 12.6. The smallest absolute Gasteiger partial charge is 0.243 e. The third kappa shape index (κ3) is 2.82. The lowest BCUT2D eigenvalue weighted by Gasteiger charge is -2.38. The molecule has 2 aliphatic rings. The molecule has 1 aromatic rings. The molecular formula is C15H21ClN2O2. The van der Waals surface area contributed by atoms with Gasteiger partial charge in [-0.15, -0.1) is 12.4 Å². The monoisotopic (exact) mass is 296 g/mol. The molecule has 0 aromatic heterocycles. The molecule has 0 atom stereocenters. The molecule has 1 amide bonds. The summed E-state index contributed by atoms with van der Waals surface area (Å²) in [5.74, 6) is 0.0882. The van der Waals surface area contributed by atoms with Crippen molar-refractivity contribution in [2.24, 2.45) is 5.73 Å². The lowest BCUT2D eigenvalue weighted by molar-refractivity contribution is -0.141. The molecule has 2 heterocycles. The summed E-state index contributed by atoms with van der Waals surface area (Å²) < 4.78 is 5.31. The number of nitrogens with two attached hydrogens (primary N) is 1. The summed E-state index contributed by atoms with van der Waals surface area (Å²) in [5, 5.41) is 0. The molecule has 0 saturated carbocycles. The summed E-state index contributed by atoms with van der Waals surface area (Å²) >= 11 is 0. The van der Waals surface area contributed by atoms with Gasteiger partial charge in [-0.3, -0.25) is 4.79 Å². The zero-order valence-corrected chi connectivity index (χ0v) is 12.3. The maximum Gasteiger partial charge on any atom is 0.243 e. The molecule has 5 heteroatoms. The van der Waals surface area contributed by atoms with Gasteiger partial charge in [0, 0.05) is 26.3 Å². The second-order valence-corrected chi connectivity index (χ2v) is 5.51. The van der Waals surface area contributed by atoms with E-state index in [1.54, 1.807) is 0 Å². The van der Waals surface area contributed by atoms with Crippen LogP contribution in [0.3, 0.4) is 0 Å². The Balaban J connectivity index is 0.00000147. The summed E-state index contributed by atoms with van der Waals surface area (Å²) in [4.78, 5) is 14.5. The van der Waals surface area contributed by atoms with E-state index in [9.17, 15) is 4.79 Å². The third-order valence-electron chi connectivity index (χ3n) is 4.23. The average Bonchev–Trinajstić information content (AvgIpc) is 2.47. The van der Waals surface area contributed by atoms with E-state index in [1.807, 2.05) is 11.0 Å². The van der Waals surface area contributed by atoms with Crippen molar-refractivity contribution in [3.8, 4) is 0 Å². The third-order valence-corrected chi connectivity index (χ3v) is 4.23. The molecule has 2 aliphatic heterocycles. The van der Waals surface area contributed by atoms with E-state index in [4.69, 9.17) is 10.5 Å². The number of fused-ring (bicyclic) bond motifs is 1. The highest BCUT2D eigenvalue weighted by molar-refractivity contribution is 5.86. The molecule has 0 radical (unpaired) electrons. The van der Waals surface area contributed by atoms with E-state index < -0.39 is 5.54 Å². The first-order chi connectivity index (χ1) is 9.19. The number of nitrogens with zero attached hydrogens (tertiary/aromatic N) is 1. The molecule has 1 saturated heterocycles. The minimum absolute atomic E-state index is 0. The van der Waals surface area contributed by atoms with Gasteiger partial charge in [0.2, 0.25) is 5.91 Å². The number of halogens is 1. The van der Waals surface area contributed by atoms with Crippen LogP contribution in [-0.4, -0.2) is 36.1 Å². The van der Waals surface area contributed by atoms with Gasteiger partial charge in [0.25, 0.3) is 0 Å². The molecular weight excluding hydrogens is 276 g/mol. The maximum absolute atomic E-state index is 12.6. The first-order valence-corrected chi connectivity index (χ1v) is 6.92. The summed E-state index contributed by atoms with van der Waals surface area (Å²) in [6.45, 7) is 2.64. The van der Waals surface area contributed by atoms with Gasteiger partial charge in [-0.1, -0.05) is 24.3 Å². The van der Waals surface area contributed by atoms with Crippen LogP contribution in [0.15, 0.2) is 24.3 Å². The summed E-state index contributed by atoms with van der Waals surface area (Å²) in [6, 6.07) is 8.32. The Bertz CT molecular complexity index is 487. The van der Waals surface area contributed by atoms with E-state index in [-0.39, 0.29) is 18.3 Å². The molecule has 0 aliphatic carbocycles. The zero-order valence-electron chi connectivity index (χ0n) is 11.5. The van der Waals surface area contributed by atoms with Crippen LogP contribution in [0, 0.1) is 0 Å². The molecule has 0 bridgehead atoms. The Morgan fingerprint density at radius 1 is 1.20 bits per heavy atom. The van der Waals surface area contributed by atoms with E-state index in [1.165, 1.54) is 11.1 Å². The van der Waals surface area contributed by atoms with Gasteiger partial charge < -0.3 is 15.4 Å². The number of carbonyl (C=O) groups excluding carboxylic acids is 1. The number of benzene rings is 1. The van der Waals surface area contributed by atoms with Gasteiger partial charge >= 0.3 is 0 Å². The Labute approximate surface area is 125 Å². The van der Waals surface area contributed by atoms with Crippen LogP contribution in [0.1, 0.15) is 24.0 Å². The second-order valence-electron chi connectivity index (χ2n) is 5.51. The highest BCUT2D eigenvalue weighted by Gasteiger charge is 2.39. The van der Waals surface area contributed by atoms with Crippen molar-refractivity contribution in [1.29, 1.82) is 0 Å². The number of hydrogen-bond donors (Lipinski definition) is 1. The van der Waals surface area contributed by atoms with Crippen LogP contribution in [0.2, 0.25) is 0 Å². The fourth-order valence-electron chi connectivity index (χ4n) is 2.93. The van der Waals surface area contributed by atoms with E-state index in [2.05, 4.69) is 18.2 Å². The molecule has 0 unspecified atom stereocenters. The number of ether oxygens (including phenoxy) is 1. The molecule has 20 heavy (non-hydrogen) atoms. The van der Waals surface area contributed by atoms with Crippen molar-refractivity contribution >= 4 is 18.3 Å². The number of amides is 1. The minimum Gasteiger partial charge on any atom is -0.381 e. The molecule has 1 aromatic carbocycles. The summed E-state index contributed by atoms with van der Waals surface area (Å²) in [5.41, 5.74) is 8.16. The van der Waals surface area contributed by atoms with Gasteiger partial charge in [0.1, 0.15) is 0 Å². The standard InChI is InChI=1S/C15H20N2O2.ClH/c16-15(6-9-19-10-7-15)14(18)17-8-5-12-3-1-2-4-13(12)11-17;/h1-4H,5-11,16H2;1H. The molecule has 3 rings (SSSR count). The number of carbonyl (C=O) groups is 1. The van der Waals surface area contributed by atoms with Crippen LogP contribution < -0.4 is 5.73 Å². The van der Waals surface area contributed by atoms with Crippen LogP contribution >= 0.6 is 12.4 Å². The Morgan fingerprint density at radius 3 is 2.55 bits per heavy atom. The van der Waals surface area contributed by atoms with Crippen molar-refractivity contribution in [2.45, 2.75) is 31.3 Å². The number of rotatable bonds is 1. The van der Waals surface area contributed by atoms with E-state index in [0.717, 1.165) is 13.0 Å². The average molecular weight is 297 g/mol. The SMILES string of the molecule is Cl.NC1(C(=O)N2CCc3ccccc3C2)CCOCC1. The zero-order chi connectivity index (χ0) is 13.3. The summed E-state index contributed by atoms with van der Waals surface area (Å²) in [7, 11) is 0. The van der Waals surface area contributed by atoms with Crippen LogP contribution in [0.25, 0.3) is 0 Å². The van der Waals surface area contributed by atoms with E-state index in [0.29, 0.717) is 32.6 Å². The topological polar surface area (TPSA) is 55.6 Å². The predicted octanol–water partition coefficient (Wildman–Crippen LogP) is 1.50. The van der Waals surface area contributed by atoms with Crippen LogP contribution in [0.5, 0.6) is 0 Å². The van der Waals surface area contributed by atoms with Crippen molar-refractivity contribution in [1.82, 2.24) is 4.90 Å². The first-order valence-electron chi connectivity index (χ1n) is 6.92. The van der Waals surface area contributed by atoms with Crippen molar-refractivity contribution in [3.63, 3.8) is 0 Å². The Kier molecular flexibility index (Phi) is 4.68. The van der Waals surface area contributed by atoms with Gasteiger partial charge in [0.15, 0.2) is 0 Å². The van der Waals surface area contributed by atoms with Crippen LogP contribution in [-0.2, 0) is 22.5 Å². The predicted molar refractivity (Wildman–Crippen MR) is 79.8 cm³/mol. The molecule has 110 valence electrons. The fraction of sp³-hybridized carbons (Fsp3) is 0.533. The quantitative estimate of drug-likeness (QED) is 0.854. The Hall–Kier alpha value is -1.10. The van der Waals surface area contributed by atoms with Gasteiger partial charge in [-0.25, -0.2) is 0 Å². The van der Waals surface area contributed by atoms with E-state index >= 15 is 0 Å². The molecule has 1 fully saturated rings. The van der Waals surface area contributed by atoms with Gasteiger partial charge in [-0.2, -0.15) is 0 Å². The fourth-order valence-corrected chi connectivity index (χ4v) is 2.93. The summed E-state index contributed by atoms with van der Waals surface area (Å²) in [6.07, 6.45) is 2.18. The van der Waals surface area contributed by atoms with Crippen molar-refractivity contribution in [3.05, 3.63) is 35.4 Å². The second kappa shape index (κ2) is 6.12. The van der Waals surface area contributed by atoms with Gasteiger partial charge in [0.05, 0.1) is 5.54 Å². The van der Waals surface area contributed by atoms with Gasteiger partial charge in [-0.05, 0) is 30.4 Å². The van der Waals surface area contributed by atoms with Crippen molar-refractivity contribution < 1.29 is 9.53 Å². The molecule has 4 nitrogen and oxygen atoms in total. The molecule has 0 spiro atoms. The van der Waals surface area contributed by atoms with Crippen LogP contribution in [0.4, 0.5) is 0 Å². The lowest BCUT2D eigenvalue weighted by atomic mass is 9.88. The first kappa shape index (κ1) is 15.3. The molecule has 2 N–H and O–H groups in total. The van der Waals surface area contributed by atoms with Crippen molar-refractivity contribution in [2.75, 3.05) is 19.8 Å². The highest BCUT2D eigenvalue weighted by Crippen LogP contribution is 2.25. The minimum atomic E-state index is -0.718.